The van der Waals surface area contributed by atoms with Crippen molar-refractivity contribution in [2.24, 2.45) is 4.36 Å². The predicted octanol–water partition coefficient (Wildman–Crippen LogP) is 4.62. The molecule has 0 aliphatic heterocycles. The van der Waals surface area contributed by atoms with Gasteiger partial charge in [0.1, 0.15) is 0 Å². The molecule has 0 N–H and O–H groups in total. The van der Waals surface area contributed by atoms with Crippen LogP contribution in [-0.2, 0) is 22.3 Å². The number of benzene rings is 1. The molecule has 18 heavy (non-hydrogen) atoms. The van der Waals surface area contributed by atoms with E-state index < -0.39 is 0 Å². The average molecular weight is 265 g/mol. The van der Waals surface area contributed by atoms with Crippen LogP contribution < -0.4 is 0 Å². The highest BCUT2D eigenvalue weighted by Crippen LogP contribution is 2.37. The summed E-state index contributed by atoms with van der Waals surface area (Å²) in [5.74, 6) is 0. The van der Waals surface area contributed by atoms with Gasteiger partial charge in [-0.05, 0) is 34.4 Å². The van der Waals surface area contributed by atoms with Gasteiger partial charge in [0.2, 0.25) is 11.5 Å². The predicted molar refractivity (Wildman–Crippen MR) is 78.8 cm³/mol. The SMILES string of the molecule is Cc1cc(C(C)(C)C)cc(C(C)(C)C)c1N=S=O. The number of hydrogen-bond donors (Lipinski definition) is 0. The fourth-order valence-electron chi connectivity index (χ4n) is 1.94. The molecule has 0 atom stereocenters. The second-order valence-corrected chi connectivity index (χ2v) is 7.19. The Morgan fingerprint density at radius 1 is 1.00 bits per heavy atom. The Morgan fingerprint density at radius 3 is 1.94 bits per heavy atom. The Hall–Kier alpha value is -0.960. The Bertz CT molecular complexity index is 500. The van der Waals surface area contributed by atoms with Crippen molar-refractivity contribution in [2.75, 3.05) is 0 Å². The number of nitrogens with zero attached hydrogens (tertiary/aromatic N) is 1. The van der Waals surface area contributed by atoms with Crippen LogP contribution in [0.4, 0.5) is 5.69 Å². The smallest absolute Gasteiger partial charge is 0.191 e. The first-order chi connectivity index (χ1) is 8.07. The Labute approximate surface area is 114 Å². The van der Waals surface area contributed by atoms with Crippen LogP contribution in [0.2, 0.25) is 0 Å². The fraction of sp³-hybridized carbons (Fsp3) is 0.600. The highest BCUT2D eigenvalue weighted by atomic mass is 32.1. The van der Waals surface area contributed by atoms with Crippen molar-refractivity contribution in [3.8, 4) is 0 Å². The second kappa shape index (κ2) is 4.96. The highest BCUT2D eigenvalue weighted by molar-refractivity contribution is 7.54. The monoisotopic (exact) mass is 265 g/mol. The summed E-state index contributed by atoms with van der Waals surface area (Å²) in [6.45, 7) is 15.1. The molecule has 3 heteroatoms. The van der Waals surface area contributed by atoms with Crippen LogP contribution in [0.15, 0.2) is 16.5 Å². The van der Waals surface area contributed by atoms with E-state index in [-0.39, 0.29) is 22.3 Å². The van der Waals surface area contributed by atoms with Crippen LogP contribution in [0, 0.1) is 6.92 Å². The molecule has 0 aromatic heterocycles. The molecule has 1 aromatic carbocycles. The van der Waals surface area contributed by atoms with E-state index in [0.29, 0.717) is 0 Å². The summed E-state index contributed by atoms with van der Waals surface area (Å²) in [5, 5.41) is 0. The molecule has 0 fully saturated rings. The maximum Gasteiger partial charge on any atom is 0.205 e. The Kier molecular flexibility index (Phi) is 4.16. The molecule has 2 nitrogen and oxygen atoms in total. The molecule has 0 heterocycles. The summed E-state index contributed by atoms with van der Waals surface area (Å²) >= 11 is 0.288. The first-order valence-corrected chi connectivity index (χ1v) is 6.93. The van der Waals surface area contributed by atoms with Crippen molar-refractivity contribution in [1.82, 2.24) is 0 Å². The van der Waals surface area contributed by atoms with E-state index in [0.717, 1.165) is 16.8 Å². The molecule has 0 saturated carbocycles. The van der Waals surface area contributed by atoms with Gasteiger partial charge in [0, 0.05) is 0 Å². The standard InChI is InChI=1S/C15H23NOS/c1-10-8-11(14(2,3)4)9-12(15(5,6)7)13(10)16-18-17/h8-9H,1-7H3. The average Bonchev–Trinajstić information content (AvgIpc) is 2.17. The summed E-state index contributed by atoms with van der Waals surface area (Å²) in [6.07, 6.45) is 0. The van der Waals surface area contributed by atoms with Gasteiger partial charge >= 0.3 is 0 Å². The van der Waals surface area contributed by atoms with Crippen molar-refractivity contribution in [1.29, 1.82) is 0 Å². The maximum absolute atomic E-state index is 10.8. The van der Waals surface area contributed by atoms with Gasteiger partial charge in [-0.1, -0.05) is 53.7 Å². The molecule has 0 radical (unpaired) electrons. The third-order valence-corrected chi connectivity index (χ3v) is 3.36. The van der Waals surface area contributed by atoms with Crippen molar-refractivity contribution in [3.63, 3.8) is 0 Å². The first-order valence-electron chi connectivity index (χ1n) is 6.23. The van der Waals surface area contributed by atoms with Crippen molar-refractivity contribution in [3.05, 3.63) is 28.8 Å². The lowest BCUT2D eigenvalue weighted by atomic mass is 9.78. The zero-order valence-electron chi connectivity index (χ0n) is 12.4. The lowest BCUT2D eigenvalue weighted by molar-refractivity contribution is 0.568. The fourth-order valence-corrected chi connectivity index (χ4v) is 2.26. The van der Waals surface area contributed by atoms with Crippen LogP contribution >= 0.6 is 0 Å². The molecular formula is C15H23NOS. The van der Waals surface area contributed by atoms with E-state index >= 15 is 0 Å². The lowest BCUT2D eigenvalue weighted by Gasteiger charge is -2.27. The minimum absolute atomic E-state index is 0.0133. The van der Waals surface area contributed by atoms with E-state index in [1.165, 1.54) is 5.56 Å². The number of hydrogen-bond acceptors (Lipinski definition) is 2. The quantitative estimate of drug-likeness (QED) is 0.728. The minimum Gasteiger partial charge on any atom is -0.191 e. The molecule has 100 valence electrons. The molecule has 0 saturated heterocycles. The van der Waals surface area contributed by atoms with E-state index in [9.17, 15) is 4.21 Å². The van der Waals surface area contributed by atoms with E-state index in [4.69, 9.17) is 0 Å². The Morgan fingerprint density at radius 2 is 1.56 bits per heavy atom. The number of rotatable bonds is 1. The van der Waals surface area contributed by atoms with Crippen LogP contribution in [-0.4, -0.2) is 4.21 Å². The van der Waals surface area contributed by atoms with Gasteiger partial charge in [0.25, 0.3) is 0 Å². The summed E-state index contributed by atoms with van der Waals surface area (Å²) < 4.78 is 14.8. The first kappa shape index (κ1) is 15.1. The van der Waals surface area contributed by atoms with Crippen molar-refractivity contribution < 1.29 is 4.21 Å². The summed E-state index contributed by atoms with van der Waals surface area (Å²) in [5.41, 5.74) is 4.45. The van der Waals surface area contributed by atoms with Gasteiger partial charge in [0.15, 0.2) is 0 Å². The molecule has 0 bridgehead atoms. The molecule has 0 unspecified atom stereocenters. The zero-order valence-corrected chi connectivity index (χ0v) is 13.2. The normalized spacial score (nSPS) is 12.4. The molecule has 0 amide bonds. The van der Waals surface area contributed by atoms with Crippen molar-refractivity contribution >= 4 is 17.2 Å². The van der Waals surface area contributed by atoms with Crippen LogP contribution in [0.25, 0.3) is 0 Å². The molecule has 0 aliphatic rings. The summed E-state index contributed by atoms with van der Waals surface area (Å²) in [4.78, 5) is 0. The third-order valence-electron chi connectivity index (χ3n) is 3.10. The van der Waals surface area contributed by atoms with Gasteiger partial charge < -0.3 is 0 Å². The van der Waals surface area contributed by atoms with Gasteiger partial charge in [0.05, 0.1) is 5.69 Å². The Balaban J connectivity index is 3.63. The van der Waals surface area contributed by atoms with Crippen LogP contribution in [0.3, 0.4) is 0 Å². The van der Waals surface area contributed by atoms with E-state index in [1.54, 1.807) is 0 Å². The number of aryl methyl sites for hydroxylation is 1. The van der Waals surface area contributed by atoms with E-state index in [2.05, 4.69) is 58.0 Å². The lowest BCUT2D eigenvalue weighted by Crippen LogP contribution is -2.17. The highest BCUT2D eigenvalue weighted by Gasteiger charge is 2.23. The molecular weight excluding hydrogens is 242 g/mol. The molecule has 0 aliphatic carbocycles. The molecule has 1 rings (SSSR count). The van der Waals surface area contributed by atoms with Gasteiger partial charge in [-0.2, -0.15) is 8.57 Å². The van der Waals surface area contributed by atoms with Gasteiger partial charge in [-0.15, -0.1) is 0 Å². The van der Waals surface area contributed by atoms with Gasteiger partial charge in [-0.3, -0.25) is 0 Å². The maximum atomic E-state index is 10.8. The van der Waals surface area contributed by atoms with Crippen LogP contribution in [0.5, 0.6) is 0 Å². The minimum atomic E-state index is -0.0133. The van der Waals surface area contributed by atoms with Gasteiger partial charge in [-0.25, -0.2) is 0 Å². The zero-order chi connectivity index (χ0) is 14.1. The molecule has 1 aromatic rings. The summed E-state index contributed by atoms with van der Waals surface area (Å²) in [7, 11) is 0. The van der Waals surface area contributed by atoms with Crippen LogP contribution in [0.1, 0.15) is 58.2 Å². The van der Waals surface area contributed by atoms with Crippen molar-refractivity contribution in [2.45, 2.75) is 59.3 Å². The topological polar surface area (TPSA) is 29.4 Å². The largest absolute Gasteiger partial charge is 0.205 e. The van der Waals surface area contributed by atoms with E-state index in [1.807, 2.05) is 6.92 Å². The third kappa shape index (κ3) is 3.29. The summed E-state index contributed by atoms with van der Waals surface area (Å²) in [6, 6.07) is 4.34. The molecule has 0 spiro atoms. The second-order valence-electron chi connectivity index (χ2n) is 6.86.